The van der Waals surface area contributed by atoms with Crippen molar-refractivity contribution < 1.29 is 0 Å². The third-order valence-corrected chi connectivity index (χ3v) is 11.3. The van der Waals surface area contributed by atoms with Crippen LogP contribution in [0.3, 0.4) is 0 Å². The minimum Gasteiger partial charge on any atom is -0.296 e. The SMILES string of the molecule is CCc1nc2ccccc2n1-c1ccc(-c2ccc3cc4c(cc3c2)C2(c3ccccc3-c3ccccc32)c2c-4ccc3ccccc23)cc1. The number of hydrogen-bond acceptors (Lipinski definition) is 1. The highest BCUT2D eigenvalue weighted by Gasteiger charge is 2.52. The summed E-state index contributed by atoms with van der Waals surface area (Å²) < 4.78 is 2.29. The Labute approximate surface area is 290 Å². The van der Waals surface area contributed by atoms with E-state index in [1.807, 2.05) is 0 Å². The van der Waals surface area contributed by atoms with Gasteiger partial charge in [-0.3, -0.25) is 4.57 Å². The number of aryl methyl sites for hydroxylation is 1. The first kappa shape index (κ1) is 27.7. The highest BCUT2D eigenvalue weighted by Crippen LogP contribution is 2.64. The average molecular weight is 637 g/mol. The van der Waals surface area contributed by atoms with Crippen molar-refractivity contribution >= 4 is 32.6 Å². The van der Waals surface area contributed by atoms with E-state index in [0.717, 1.165) is 29.0 Å². The van der Waals surface area contributed by atoms with E-state index in [4.69, 9.17) is 4.98 Å². The van der Waals surface area contributed by atoms with E-state index < -0.39 is 5.41 Å². The normalized spacial score (nSPS) is 13.5. The van der Waals surface area contributed by atoms with Gasteiger partial charge in [-0.1, -0.05) is 128 Å². The van der Waals surface area contributed by atoms with Crippen molar-refractivity contribution in [3.05, 3.63) is 192 Å². The van der Waals surface area contributed by atoms with E-state index in [1.165, 1.54) is 77.2 Å². The molecule has 50 heavy (non-hydrogen) atoms. The lowest BCUT2D eigenvalue weighted by Gasteiger charge is -2.31. The fraction of sp³-hybridized carbons (Fsp3) is 0.0625. The summed E-state index contributed by atoms with van der Waals surface area (Å²) in [6.45, 7) is 2.17. The summed E-state index contributed by atoms with van der Waals surface area (Å²) in [7, 11) is 0. The van der Waals surface area contributed by atoms with Gasteiger partial charge in [-0.05, 0) is 120 Å². The summed E-state index contributed by atoms with van der Waals surface area (Å²) in [5.41, 5.74) is 16.2. The zero-order chi connectivity index (χ0) is 33.0. The molecule has 0 radical (unpaired) electrons. The van der Waals surface area contributed by atoms with Crippen molar-refractivity contribution in [1.82, 2.24) is 9.55 Å². The van der Waals surface area contributed by atoms with Crippen molar-refractivity contribution in [2.75, 3.05) is 0 Å². The third kappa shape index (κ3) is 3.55. The number of nitrogens with zero attached hydrogens (tertiary/aromatic N) is 2. The number of benzene rings is 8. The van der Waals surface area contributed by atoms with E-state index in [1.54, 1.807) is 0 Å². The molecule has 1 aromatic heterocycles. The molecule has 9 aromatic rings. The maximum atomic E-state index is 4.90. The summed E-state index contributed by atoms with van der Waals surface area (Å²) in [5, 5.41) is 5.13. The van der Waals surface area contributed by atoms with Crippen LogP contribution in [0.2, 0.25) is 0 Å². The van der Waals surface area contributed by atoms with Gasteiger partial charge in [0, 0.05) is 12.1 Å². The van der Waals surface area contributed by atoms with Crippen molar-refractivity contribution in [2.45, 2.75) is 18.8 Å². The van der Waals surface area contributed by atoms with Crippen LogP contribution in [0.25, 0.3) is 71.6 Å². The highest BCUT2D eigenvalue weighted by molar-refractivity contribution is 6.06. The lowest BCUT2D eigenvalue weighted by molar-refractivity contribution is 0.802. The monoisotopic (exact) mass is 636 g/mol. The molecule has 0 atom stereocenters. The van der Waals surface area contributed by atoms with E-state index in [-0.39, 0.29) is 0 Å². The van der Waals surface area contributed by atoms with E-state index in [9.17, 15) is 0 Å². The van der Waals surface area contributed by atoms with Crippen LogP contribution in [0.5, 0.6) is 0 Å². The molecule has 2 heteroatoms. The van der Waals surface area contributed by atoms with Crippen molar-refractivity contribution in [3.63, 3.8) is 0 Å². The van der Waals surface area contributed by atoms with Crippen LogP contribution in [-0.4, -0.2) is 9.55 Å². The Balaban J connectivity index is 1.12. The van der Waals surface area contributed by atoms with Gasteiger partial charge in [-0.25, -0.2) is 4.98 Å². The van der Waals surface area contributed by atoms with Gasteiger partial charge in [0.1, 0.15) is 5.82 Å². The molecule has 0 N–H and O–H groups in total. The van der Waals surface area contributed by atoms with Gasteiger partial charge in [0.2, 0.25) is 0 Å². The average Bonchev–Trinajstić information content (AvgIpc) is 3.81. The van der Waals surface area contributed by atoms with Crippen LogP contribution in [0.1, 0.15) is 35.0 Å². The zero-order valence-electron chi connectivity index (χ0n) is 27.7. The van der Waals surface area contributed by atoms with Gasteiger partial charge in [0.15, 0.2) is 0 Å². The fourth-order valence-corrected chi connectivity index (χ4v) is 9.24. The largest absolute Gasteiger partial charge is 0.296 e. The van der Waals surface area contributed by atoms with E-state index >= 15 is 0 Å². The molecule has 2 nitrogen and oxygen atoms in total. The molecule has 11 rings (SSSR count). The minimum atomic E-state index is -0.394. The van der Waals surface area contributed by atoms with E-state index in [0.29, 0.717) is 0 Å². The number of rotatable bonds is 3. The molecular formula is C48H32N2. The first-order chi connectivity index (χ1) is 24.7. The van der Waals surface area contributed by atoms with Gasteiger partial charge >= 0.3 is 0 Å². The van der Waals surface area contributed by atoms with Gasteiger partial charge < -0.3 is 0 Å². The molecule has 234 valence electrons. The molecule has 2 aliphatic carbocycles. The van der Waals surface area contributed by atoms with Crippen LogP contribution in [0.15, 0.2) is 164 Å². The van der Waals surface area contributed by atoms with Crippen LogP contribution in [0.4, 0.5) is 0 Å². The topological polar surface area (TPSA) is 17.8 Å². The summed E-state index contributed by atoms with van der Waals surface area (Å²) in [4.78, 5) is 4.90. The number of imidazole rings is 1. The Morgan fingerprint density at radius 3 is 1.98 bits per heavy atom. The molecule has 0 amide bonds. The summed E-state index contributed by atoms with van der Waals surface area (Å²) >= 11 is 0. The Morgan fingerprint density at radius 1 is 0.500 bits per heavy atom. The molecular weight excluding hydrogens is 605 g/mol. The maximum Gasteiger partial charge on any atom is 0.114 e. The molecule has 0 saturated heterocycles. The van der Waals surface area contributed by atoms with Gasteiger partial charge in [-0.15, -0.1) is 0 Å². The van der Waals surface area contributed by atoms with Gasteiger partial charge in [-0.2, -0.15) is 0 Å². The predicted octanol–water partition coefficient (Wildman–Crippen LogP) is 11.9. The Kier molecular flexibility index (Phi) is 5.61. The van der Waals surface area contributed by atoms with Crippen LogP contribution < -0.4 is 0 Å². The second kappa shape index (κ2) is 10.1. The molecule has 0 aliphatic heterocycles. The lowest BCUT2D eigenvalue weighted by atomic mass is 9.69. The number of para-hydroxylation sites is 2. The summed E-state index contributed by atoms with van der Waals surface area (Å²) in [6.07, 6.45) is 0.877. The molecule has 0 fully saturated rings. The molecule has 1 spiro atoms. The lowest BCUT2D eigenvalue weighted by Crippen LogP contribution is -2.26. The number of aromatic nitrogens is 2. The third-order valence-electron chi connectivity index (χ3n) is 11.3. The second-order valence-electron chi connectivity index (χ2n) is 13.8. The number of fused-ring (bicyclic) bond motifs is 14. The molecule has 0 saturated carbocycles. The molecule has 0 bridgehead atoms. The Bertz CT molecular complexity index is 2810. The van der Waals surface area contributed by atoms with E-state index in [2.05, 4.69) is 175 Å². The van der Waals surface area contributed by atoms with Crippen LogP contribution in [0, 0.1) is 0 Å². The maximum absolute atomic E-state index is 4.90. The summed E-state index contributed by atoms with van der Waals surface area (Å²) in [5.74, 6) is 1.08. The predicted molar refractivity (Wildman–Crippen MR) is 207 cm³/mol. The second-order valence-corrected chi connectivity index (χ2v) is 13.8. The van der Waals surface area contributed by atoms with Crippen molar-refractivity contribution in [3.8, 4) is 39.1 Å². The Morgan fingerprint density at radius 2 is 1.18 bits per heavy atom. The minimum absolute atomic E-state index is 0.394. The quantitative estimate of drug-likeness (QED) is 0.189. The van der Waals surface area contributed by atoms with Gasteiger partial charge in [0.05, 0.1) is 16.4 Å². The highest BCUT2D eigenvalue weighted by atomic mass is 15.1. The first-order valence-electron chi connectivity index (χ1n) is 17.6. The van der Waals surface area contributed by atoms with Crippen LogP contribution >= 0.6 is 0 Å². The zero-order valence-corrected chi connectivity index (χ0v) is 27.7. The van der Waals surface area contributed by atoms with Crippen molar-refractivity contribution in [1.29, 1.82) is 0 Å². The molecule has 8 aromatic carbocycles. The van der Waals surface area contributed by atoms with Crippen molar-refractivity contribution in [2.24, 2.45) is 0 Å². The first-order valence-corrected chi connectivity index (χ1v) is 17.6. The van der Waals surface area contributed by atoms with Gasteiger partial charge in [0.25, 0.3) is 0 Å². The fourth-order valence-electron chi connectivity index (χ4n) is 9.24. The Hall–Kier alpha value is -6.25. The number of hydrogen-bond donors (Lipinski definition) is 0. The molecule has 1 heterocycles. The summed E-state index contributed by atoms with van der Waals surface area (Å²) in [6, 6.07) is 61.1. The standard InChI is InChI=1S/C48H32N2/c1-2-46-49-44-17-9-10-18-45(44)50(46)35-24-21-30(22-25-35)32-19-20-33-28-40-39-26-23-31-11-3-4-12-36(31)47(39)48(43(40)29-34(33)27-32)41-15-7-5-13-37(41)38-14-6-8-16-42(38)48/h3-29H,2H2,1H3. The molecule has 0 unspecified atom stereocenters. The van der Waals surface area contributed by atoms with Crippen LogP contribution in [-0.2, 0) is 11.8 Å². The smallest absolute Gasteiger partial charge is 0.114 e. The molecule has 2 aliphatic rings.